The summed E-state index contributed by atoms with van der Waals surface area (Å²) in [6.07, 6.45) is 8.21. The van der Waals surface area contributed by atoms with Crippen molar-refractivity contribution in [2.75, 3.05) is 14.2 Å². The first kappa shape index (κ1) is 14.9. The highest BCUT2D eigenvalue weighted by Crippen LogP contribution is 2.31. The van der Waals surface area contributed by atoms with Crippen LogP contribution in [0, 0.1) is 5.92 Å². The minimum atomic E-state index is 0.213. The minimum Gasteiger partial charge on any atom is -0.480 e. The quantitative estimate of drug-likeness (QED) is 0.771. The maximum absolute atomic E-state index is 5.31. The van der Waals surface area contributed by atoms with E-state index in [0.717, 1.165) is 12.1 Å². The lowest BCUT2D eigenvalue weighted by Gasteiger charge is -2.26. The summed E-state index contributed by atoms with van der Waals surface area (Å²) in [5.41, 5.74) is 0.922. The first-order valence-electron chi connectivity index (χ1n) is 6.80. The van der Waals surface area contributed by atoms with Gasteiger partial charge in [-0.1, -0.05) is 33.1 Å². The molecule has 4 nitrogen and oxygen atoms in total. The molecule has 0 aliphatic heterocycles. The number of unbranched alkanes of at least 4 members (excludes halogenated alkanes) is 1. The molecule has 102 valence electrons. The molecule has 0 spiro atoms. The van der Waals surface area contributed by atoms with E-state index >= 15 is 0 Å². The van der Waals surface area contributed by atoms with Crippen molar-refractivity contribution in [2.24, 2.45) is 5.92 Å². The monoisotopic (exact) mass is 251 g/mol. The van der Waals surface area contributed by atoms with Gasteiger partial charge in [-0.3, -0.25) is 4.98 Å². The number of aromatic nitrogens is 2. The standard InChI is InChI=1S/C14H25N3O/c1-5-7-8-11(6-2)12(15-3)13-14(18-4)17-10-9-16-13/h9-12,15H,5-8H2,1-4H3. The zero-order valence-corrected chi connectivity index (χ0v) is 11.9. The average molecular weight is 251 g/mol. The lowest BCUT2D eigenvalue weighted by Crippen LogP contribution is -2.26. The number of ether oxygens (including phenoxy) is 1. The molecule has 0 bridgehead atoms. The Morgan fingerprint density at radius 2 is 2.00 bits per heavy atom. The van der Waals surface area contributed by atoms with Gasteiger partial charge in [0.25, 0.3) is 0 Å². The zero-order chi connectivity index (χ0) is 13.4. The molecule has 2 atom stereocenters. The van der Waals surface area contributed by atoms with Gasteiger partial charge in [-0.15, -0.1) is 0 Å². The summed E-state index contributed by atoms with van der Waals surface area (Å²) >= 11 is 0. The fourth-order valence-corrected chi connectivity index (χ4v) is 2.38. The summed E-state index contributed by atoms with van der Waals surface area (Å²) in [6.45, 7) is 4.46. The molecule has 0 saturated carbocycles. The fourth-order valence-electron chi connectivity index (χ4n) is 2.38. The van der Waals surface area contributed by atoms with E-state index in [1.807, 2.05) is 7.05 Å². The topological polar surface area (TPSA) is 47.0 Å². The summed E-state index contributed by atoms with van der Waals surface area (Å²) in [5, 5.41) is 3.37. The third-order valence-corrected chi connectivity index (χ3v) is 3.41. The number of nitrogens with one attached hydrogen (secondary N) is 1. The van der Waals surface area contributed by atoms with Gasteiger partial charge in [0.2, 0.25) is 5.88 Å². The Kier molecular flexibility index (Phi) is 6.65. The lowest BCUT2D eigenvalue weighted by molar-refractivity contribution is 0.313. The van der Waals surface area contributed by atoms with Crippen LogP contribution in [0.25, 0.3) is 0 Å². The molecule has 18 heavy (non-hydrogen) atoms. The molecule has 1 rings (SSSR count). The van der Waals surface area contributed by atoms with E-state index in [1.54, 1.807) is 19.5 Å². The van der Waals surface area contributed by atoms with Crippen LogP contribution in [0.4, 0.5) is 0 Å². The van der Waals surface area contributed by atoms with Crippen molar-refractivity contribution in [2.45, 2.75) is 45.6 Å². The Hall–Kier alpha value is -1.16. The summed E-state index contributed by atoms with van der Waals surface area (Å²) < 4.78 is 5.31. The Balaban J connectivity index is 2.92. The van der Waals surface area contributed by atoms with Gasteiger partial charge >= 0.3 is 0 Å². The number of methoxy groups -OCH3 is 1. The van der Waals surface area contributed by atoms with Crippen LogP contribution < -0.4 is 10.1 Å². The second-order valence-corrected chi connectivity index (χ2v) is 4.53. The summed E-state index contributed by atoms with van der Waals surface area (Å²) in [7, 11) is 3.63. The van der Waals surface area contributed by atoms with E-state index in [-0.39, 0.29) is 6.04 Å². The number of hydrogen-bond acceptors (Lipinski definition) is 4. The second kappa shape index (κ2) is 8.03. The molecular formula is C14H25N3O. The van der Waals surface area contributed by atoms with Gasteiger partial charge < -0.3 is 10.1 Å². The Bertz CT molecular complexity index is 344. The number of rotatable bonds is 8. The van der Waals surface area contributed by atoms with Gasteiger partial charge in [0, 0.05) is 12.4 Å². The number of hydrogen-bond donors (Lipinski definition) is 1. The predicted molar refractivity (Wildman–Crippen MR) is 73.7 cm³/mol. The predicted octanol–water partition coefficient (Wildman–Crippen LogP) is 2.96. The van der Waals surface area contributed by atoms with Crippen LogP contribution in [0.2, 0.25) is 0 Å². The first-order chi connectivity index (χ1) is 8.78. The molecular weight excluding hydrogens is 226 g/mol. The van der Waals surface area contributed by atoms with Crippen LogP contribution in [0.15, 0.2) is 12.4 Å². The fraction of sp³-hybridized carbons (Fsp3) is 0.714. The van der Waals surface area contributed by atoms with Crippen LogP contribution >= 0.6 is 0 Å². The third-order valence-electron chi connectivity index (χ3n) is 3.41. The van der Waals surface area contributed by atoms with E-state index in [2.05, 4.69) is 29.1 Å². The lowest BCUT2D eigenvalue weighted by atomic mass is 9.89. The molecule has 0 aliphatic rings. The van der Waals surface area contributed by atoms with Gasteiger partial charge in [-0.2, -0.15) is 0 Å². The molecule has 1 aromatic rings. The van der Waals surface area contributed by atoms with Crippen molar-refractivity contribution in [1.82, 2.24) is 15.3 Å². The molecule has 4 heteroatoms. The van der Waals surface area contributed by atoms with E-state index in [0.29, 0.717) is 11.8 Å². The van der Waals surface area contributed by atoms with Crippen molar-refractivity contribution in [1.29, 1.82) is 0 Å². The molecule has 0 aliphatic carbocycles. The minimum absolute atomic E-state index is 0.213. The summed E-state index contributed by atoms with van der Waals surface area (Å²) in [4.78, 5) is 8.69. The van der Waals surface area contributed by atoms with E-state index in [4.69, 9.17) is 4.74 Å². The smallest absolute Gasteiger partial charge is 0.237 e. The molecule has 0 fully saturated rings. The second-order valence-electron chi connectivity index (χ2n) is 4.53. The van der Waals surface area contributed by atoms with Crippen molar-refractivity contribution >= 4 is 0 Å². The Morgan fingerprint density at radius 1 is 1.28 bits per heavy atom. The van der Waals surface area contributed by atoms with Crippen molar-refractivity contribution in [3.63, 3.8) is 0 Å². The summed E-state index contributed by atoms with van der Waals surface area (Å²) in [5.74, 6) is 1.20. The molecule has 0 saturated heterocycles. The van der Waals surface area contributed by atoms with Crippen molar-refractivity contribution < 1.29 is 4.74 Å². The van der Waals surface area contributed by atoms with Crippen molar-refractivity contribution in [3.05, 3.63) is 18.1 Å². The third kappa shape index (κ3) is 3.67. The molecule has 1 N–H and O–H groups in total. The number of nitrogens with zero attached hydrogens (tertiary/aromatic N) is 2. The highest BCUT2D eigenvalue weighted by Gasteiger charge is 2.24. The molecule has 1 heterocycles. The van der Waals surface area contributed by atoms with Crippen LogP contribution in [0.3, 0.4) is 0 Å². The maximum Gasteiger partial charge on any atom is 0.237 e. The molecule has 1 aromatic heterocycles. The van der Waals surface area contributed by atoms with Crippen LogP contribution in [-0.2, 0) is 0 Å². The normalized spacial score (nSPS) is 14.2. The SMILES string of the molecule is CCCCC(CC)C(NC)c1nccnc1OC. The van der Waals surface area contributed by atoms with Gasteiger partial charge in [-0.25, -0.2) is 4.98 Å². The molecule has 0 amide bonds. The van der Waals surface area contributed by atoms with Gasteiger partial charge in [0.15, 0.2) is 0 Å². The zero-order valence-electron chi connectivity index (χ0n) is 11.9. The van der Waals surface area contributed by atoms with Crippen LogP contribution in [0.5, 0.6) is 5.88 Å². The Morgan fingerprint density at radius 3 is 2.56 bits per heavy atom. The maximum atomic E-state index is 5.31. The molecule has 0 radical (unpaired) electrons. The van der Waals surface area contributed by atoms with Gasteiger partial charge in [0.1, 0.15) is 5.69 Å². The van der Waals surface area contributed by atoms with E-state index in [9.17, 15) is 0 Å². The van der Waals surface area contributed by atoms with Crippen LogP contribution in [0.1, 0.15) is 51.3 Å². The average Bonchev–Trinajstić information content (AvgIpc) is 2.43. The van der Waals surface area contributed by atoms with E-state index in [1.165, 1.54) is 19.3 Å². The van der Waals surface area contributed by atoms with Crippen molar-refractivity contribution in [3.8, 4) is 5.88 Å². The van der Waals surface area contributed by atoms with E-state index < -0.39 is 0 Å². The first-order valence-corrected chi connectivity index (χ1v) is 6.80. The highest BCUT2D eigenvalue weighted by atomic mass is 16.5. The van der Waals surface area contributed by atoms with Crippen LogP contribution in [-0.4, -0.2) is 24.1 Å². The van der Waals surface area contributed by atoms with Gasteiger partial charge in [-0.05, 0) is 19.4 Å². The largest absolute Gasteiger partial charge is 0.480 e. The molecule has 0 aromatic carbocycles. The van der Waals surface area contributed by atoms with Gasteiger partial charge in [0.05, 0.1) is 13.2 Å². The highest BCUT2D eigenvalue weighted by molar-refractivity contribution is 5.21. The molecule has 2 unspecified atom stereocenters. The Labute approximate surface area is 110 Å². The summed E-state index contributed by atoms with van der Waals surface area (Å²) in [6, 6.07) is 0.213.